The maximum absolute atomic E-state index is 6.29. The minimum absolute atomic E-state index is 0.268. The fourth-order valence-electron chi connectivity index (χ4n) is 3.88. The van der Waals surface area contributed by atoms with Crippen LogP contribution in [0.15, 0.2) is 37.1 Å². The number of ether oxygens (including phenoxy) is 2. The van der Waals surface area contributed by atoms with Crippen LogP contribution in [0.4, 0.5) is 0 Å². The fraction of sp³-hybridized carbons (Fsp3) is 0.579. The summed E-state index contributed by atoms with van der Waals surface area (Å²) in [7, 11) is 2.04. The Labute approximate surface area is 154 Å². The number of aromatic nitrogens is 3. The third-order valence-corrected chi connectivity index (χ3v) is 5.19. The van der Waals surface area contributed by atoms with Crippen molar-refractivity contribution in [1.82, 2.24) is 24.3 Å². The Morgan fingerprint density at radius 3 is 2.69 bits per heavy atom. The largest absolute Gasteiger partial charge is 0.377 e. The smallest absolute Gasteiger partial charge is 0.117 e. The zero-order valence-electron chi connectivity index (χ0n) is 15.4. The molecule has 7 heteroatoms. The van der Waals surface area contributed by atoms with Crippen LogP contribution < -0.4 is 0 Å². The predicted molar refractivity (Wildman–Crippen MR) is 97.5 cm³/mol. The zero-order chi connectivity index (χ0) is 17.8. The summed E-state index contributed by atoms with van der Waals surface area (Å²) in [5, 5.41) is 0. The summed E-state index contributed by atoms with van der Waals surface area (Å²) >= 11 is 0. The topological polar surface area (TPSA) is 55.7 Å². The van der Waals surface area contributed by atoms with Crippen LogP contribution in [0, 0.1) is 0 Å². The number of nitrogens with zero attached hydrogens (tertiary/aromatic N) is 5. The number of rotatable bonds is 4. The molecule has 0 N–H and O–H groups in total. The fourth-order valence-corrected chi connectivity index (χ4v) is 3.88. The normalized spacial score (nSPS) is 25.4. The van der Waals surface area contributed by atoms with Gasteiger partial charge in [-0.15, -0.1) is 0 Å². The molecule has 4 rings (SSSR count). The van der Waals surface area contributed by atoms with Gasteiger partial charge in [-0.2, -0.15) is 0 Å². The minimum atomic E-state index is -0.268. The Bertz CT molecular complexity index is 707. The molecule has 0 aromatic carbocycles. The lowest BCUT2D eigenvalue weighted by atomic mass is 10.0. The van der Waals surface area contributed by atoms with Crippen LogP contribution in [-0.4, -0.2) is 75.9 Å². The monoisotopic (exact) mass is 357 g/mol. The molecule has 2 fully saturated rings. The van der Waals surface area contributed by atoms with Gasteiger partial charge in [0, 0.05) is 64.9 Å². The van der Waals surface area contributed by atoms with E-state index in [1.54, 1.807) is 0 Å². The SMILES string of the molecule is Cn1cncc1CN1CCO[C@]2(COCCN(Cc3cccnc3)C2)C1. The number of hydrogen-bond donors (Lipinski definition) is 0. The van der Waals surface area contributed by atoms with Crippen molar-refractivity contribution in [2.45, 2.75) is 18.7 Å². The van der Waals surface area contributed by atoms with Crippen LogP contribution >= 0.6 is 0 Å². The van der Waals surface area contributed by atoms with Crippen LogP contribution in [0.3, 0.4) is 0 Å². The van der Waals surface area contributed by atoms with E-state index >= 15 is 0 Å². The van der Waals surface area contributed by atoms with E-state index in [-0.39, 0.29) is 5.60 Å². The van der Waals surface area contributed by atoms with Crippen molar-refractivity contribution in [3.05, 3.63) is 48.3 Å². The van der Waals surface area contributed by atoms with E-state index in [1.807, 2.05) is 38.0 Å². The van der Waals surface area contributed by atoms with Crippen LogP contribution in [-0.2, 0) is 29.6 Å². The molecule has 2 saturated heterocycles. The number of morpholine rings is 1. The summed E-state index contributed by atoms with van der Waals surface area (Å²) in [6.07, 6.45) is 7.56. The first kappa shape index (κ1) is 17.6. The van der Waals surface area contributed by atoms with Gasteiger partial charge in [-0.05, 0) is 11.6 Å². The van der Waals surface area contributed by atoms with Gasteiger partial charge >= 0.3 is 0 Å². The Balaban J connectivity index is 1.44. The van der Waals surface area contributed by atoms with E-state index < -0.39 is 0 Å². The van der Waals surface area contributed by atoms with E-state index in [0.717, 1.165) is 52.5 Å². The molecule has 26 heavy (non-hydrogen) atoms. The summed E-state index contributed by atoms with van der Waals surface area (Å²) in [6, 6.07) is 4.12. The molecule has 0 radical (unpaired) electrons. The lowest BCUT2D eigenvalue weighted by molar-refractivity contribution is -0.143. The Hall–Kier alpha value is -1.80. The van der Waals surface area contributed by atoms with Crippen molar-refractivity contribution < 1.29 is 9.47 Å². The average molecular weight is 357 g/mol. The number of imidazole rings is 1. The van der Waals surface area contributed by atoms with E-state index in [9.17, 15) is 0 Å². The van der Waals surface area contributed by atoms with Gasteiger partial charge in [0.2, 0.25) is 0 Å². The Morgan fingerprint density at radius 2 is 1.92 bits per heavy atom. The molecule has 1 atom stereocenters. The van der Waals surface area contributed by atoms with Crippen molar-refractivity contribution in [2.24, 2.45) is 7.05 Å². The molecule has 0 saturated carbocycles. The van der Waals surface area contributed by atoms with Crippen molar-refractivity contribution in [2.75, 3.05) is 46.0 Å². The molecule has 140 valence electrons. The Kier molecular flexibility index (Phi) is 5.31. The molecule has 0 unspecified atom stereocenters. The van der Waals surface area contributed by atoms with E-state index in [2.05, 4.69) is 30.4 Å². The molecule has 2 aromatic heterocycles. The third-order valence-electron chi connectivity index (χ3n) is 5.19. The number of hydrogen-bond acceptors (Lipinski definition) is 6. The molecular formula is C19H27N5O2. The first-order chi connectivity index (χ1) is 12.7. The lowest BCUT2D eigenvalue weighted by Gasteiger charge is -2.43. The molecule has 4 heterocycles. The zero-order valence-corrected chi connectivity index (χ0v) is 15.4. The molecular weight excluding hydrogens is 330 g/mol. The number of aryl methyl sites for hydroxylation is 1. The predicted octanol–water partition coefficient (Wildman–Crippen LogP) is 0.919. The highest BCUT2D eigenvalue weighted by Crippen LogP contribution is 2.24. The highest BCUT2D eigenvalue weighted by molar-refractivity contribution is 5.09. The molecule has 0 bridgehead atoms. The van der Waals surface area contributed by atoms with Crippen molar-refractivity contribution in [3.63, 3.8) is 0 Å². The van der Waals surface area contributed by atoms with Gasteiger partial charge in [-0.25, -0.2) is 4.98 Å². The van der Waals surface area contributed by atoms with Crippen molar-refractivity contribution in [1.29, 1.82) is 0 Å². The lowest BCUT2D eigenvalue weighted by Crippen LogP contribution is -2.58. The van der Waals surface area contributed by atoms with Gasteiger partial charge in [0.15, 0.2) is 0 Å². The van der Waals surface area contributed by atoms with Crippen LogP contribution in [0.25, 0.3) is 0 Å². The first-order valence-electron chi connectivity index (χ1n) is 9.23. The summed E-state index contributed by atoms with van der Waals surface area (Å²) in [5.41, 5.74) is 2.19. The molecule has 2 aliphatic heterocycles. The second kappa shape index (κ2) is 7.84. The third kappa shape index (κ3) is 4.12. The van der Waals surface area contributed by atoms with E-state index in [1.165, 1.54) is 11.3 Å². The average Bonchev–Trinajstić information content (AvgIpc) is 2.94. The van der Waals surface area contributed by atoms with Crippen LogP contribution in [0.5, 0.6) is 0 Å². The van der Waals surface area contributed by atoms with Gasteiger partial charge in [-0.3, -0.25) is 14.8 Å². The van der Waals surface area contributed by atoms with Gasteiger partial charge in [0.25, 0.3) is 0 Å². The van der Waals surface area contributed by atoms with Crippen LogP contribution in [0.1, 0.15) is 11.3 Å². The first-order valence-corrected chi connectivity index (χ1v) is 9.23. The van der Waals surface area contributed by atoms with Gasteiger partial charge < -0.3 is 14.0 Å². The van der Waals surface area contributed by atoms with Crippen LogP contribution in [0.2, 0.25) is 0 Å². The standard InChI is InChI=1S/C19H27N5O2/c1-22-16-21-10-18(22)12-24-6-8-26-19(14-24)13-23(5-7-25-15-19)11-17-3-2-4-20-9-17/h2-4,9-10,16H,5-8,11-15H2,1H3/t19-/m0/s1. The maximum atomic E-state index is 6.29. The summed E-state index contributed by atoms with van der Waals surface area (Å²) in [5.74, 6) is 0. The molecule has 2 aromatic rings. The molecule has 2 aliphatic rings. The van der Waals surface area contributed by atoms with E-state index in [0.29, 0.717) is 6.61 Å². The van der Waals surface area contributed by atoms with Gasteiger partial charge in [0.05, 0.1) is 31.8 Å². The summed E-state index contributed by atoms with van der Waals surface area (Å²) in [6.45, 7) is 7.52. The summed E-state index contributed by atoms with van der Waals surface area (Å²) in [4.78, 5) is 13.3. The Morgan fingerprint density at radius 1 is 1.08 bits per heavy atom. The molecule has 1 spiro atoms. The molecule has 7 nitrogen and oxygen atoms in total. The summed E-state index contributed by atoms with van der Waals surface area (Å²) < 4.78 is 14.3. The molecule has 0 aliphatic carbocycles. The second-order valence-electron chi connectivity index (χ2n) is 7.36. The highest BCUT2D eigenvalue weighted by atomic mass is 16.5. The molecule has 0 amide bonds. The van der Waals surface area contributed by atoms with Gasteiger partial charge in [0.1, 0.15) is 5.60 Å². The van der Waals surface area contributed by atoms with Gasteiger partial charge in [-0.1, -0.05) is 6.07 Å². The van der Waals surface area contributed by atoms with E-state index in [4.69, 9.17) is 9.47 Å². The van der Waals surface area contributed by atoms with Crippen molar-refractivity contribution in [3.8, 4) is 0 Å². The second-order valence-corrected chi connectivity index (χ2v) is 7.36. The van der Waals surface area contributed by atoms with Crippen molar-refractivity contribution >= 4 is 0 Å². The quantitative estimate of drug-likeness (QED) is 0.811. The maximum Gasteiger partial charge on any atom is 0.117 e. The number of pyridine rings is 1. The minimum Gasteiger partial charge on any atom is -0.377 e. The highest BCUT2D eigenvalue weighted by Gasteiger charge is 2.40.